The number of aromatic nitrogens is 2. The Bertz CT molecular complexity index is 379. The van der Waals surface area contributed by atoms with Gasteiger partial charge in [-0.1, -0.05) is 0 Å². The molecule has 2 heterocycles. The Morgan fingerprint density at radius 2 is 2.47 bits per heavy atom. The van der Waals surface area contributed by atoms with E-state index < -0.39 is 0 Å². The maximum atomic E-state index is 11.8. The predicted octanol–water partition coefficient (Wildman–Crippen LogP) is 2.00. The lowest BCUT2D eigenvalue weighted by molar-refractivity contribution is -0.119. The van der Waals surface area contributed by atoms with E-state index in [1.165, 1.54) is 0 Å². The average Bonchev–Trinajstić information content (AvgIpc) is 2.88. The van der Waals surface area contributed by atoms with Gasteiger partial charge in [0.2, 0.25) is 0 Å². The molecule has 0 amide bonds. The summed E-state index contributed by atoms with van der Waals surface area (Å²) in [5.74, 6) is 0.698. The Balaban J connectivity index is 1.84. The first-order chi connectivity index (χ1) is 8.15. The van der Waals surface area contributed by atoms with Crippen molar-refractivity contribution in [1.82, 2.24) is 9.78 Å². The van der Waals surface area contributed by atoms with Crippen molar-refractivity contribution in [3.05, 3.63) is 18.0 Å². The maximum Gasteiger partial charge on any atom is 0.139 e. The number of rotatable bonds is 5. The van der Waals surface area contributed by atoms with Gasteiger partial charge in [0.15, 0.2) is 0 Å². The molecule has 2 rings (SSSR count). The van der Waals surface area contributed by atoms with Crippen LogP contribution in [0.1, 0.15) is 38.4 Å². The molecule has 1 atom stereocenters. The Morgan fingerprint density at radius 3 is 3.06 bits per heavy atom. The van der Waals surface area contributed by atoms with Crippen molar-refractivity contribution in [2.24, 2.45) is 5.92 Å². The third kappa shape index (κ3) is 3.40. The van der Waals surface area contributed by atoms with Crippen LogP contribution < -0.4 is 0 Å². The summed E-state index contributed by atoms with van der Waals surface area (Å²) in [6.45, 7) is 5.70. The minimum absolute atomic E-state index is 0.273. The molecule has 4 heteroatoms. The van der Waals surface area contributed by atoms with E-state index in [-0.39, 0.29) is 5.78 Å². The summed E-state index contributed by atoms with van der Waals surface area (Å²) in [6, 6.07) is 2.28. The van der Waals surface area contributed by atoms with Gasteiger partial charge < -0.3 is 4.74 Å². The molecule has 1 fully saturated rings. The van der Waals surface area contributed by atoms with Crippen LogP contribution in [0.2, 0.25) is 0 Å². The van der Waals surface area contributed by atoms with Crippen LogP contribution in [-0.4, -0.2) is 28.8 Å². The summed E-state index contributed by atoms with van der Waals surface area (Å²) in [5, 5.41) is 4.39. The third-order valence-electron chi connectivity index (χ3n) is 3.11. The number of hydrogen-bond donors (Lipinski definition) is 0. The highest BCUT2D eigenvalue weighted by molar-refractivity contribution is 5.80. The quantitative estimate of drug-likeness (QED) is 0.785. The van der Waals surface area contributed by atoms with Crippen LogP contribution in [0.4, 0.5) is 0 Å². The van der Waals surface area contributed by atoms with E-state index in [0.29, 0.717) is 24.8 Å². The predicted molar refractivity (Wildman–Crippen MR) is 64.9 cm³/mol. The molecule has 0 spiro atoms. The van der Waals surface area contributed by atoms with Gasteiger partial charge in [0.25, 0.3) is 0 Å². The minimum atomic E-state index is 0.273. The highest BCUT2D eigenvalue weighted by Gasteiger charge is 2.19. The molecule has 1 aromatic rings. The van der Waals surface area contributed by atoms with E-state index in [0.717, 1.165) is 25.3 Å². The summed E-state index contributed by atoms with van der Waals surface area (Å²) in [5.41, 5.74) is 0.877. The molecule has 17 heavy (non-hydrogen) atoms. The Morgan fingerprint density at radius 1 is 1.65 bits per heavy atom. The molecule has 0 saturated carbocycles. The van der Waals surface area contributed by atoms with Gasteiger partial charge in [-0.15, -0.1) is 0 Å². The van der Waals surface area contributed by atoms with Crippen molar-refractivity contribution < 1.29 is 9.53 Å². The summed E-state index contributed by atoms with van der Waals surface area (Å²) in [6.07, 6.45) is 4.04. The third-order valence-corrected chi connectivity index (χ3v) is 3.11. The highest BCUT2D eigenvalue weighted by atomic mass is 16.5. The Kier molecular flexibility index (Phi) is 3.94. The van der Waals surface area contributed by atoms with E-state index >= 15 is 0 Å². The van der Waals surface area contributed by atoms with Gasteiger partial charge in [-0.25, -0.2) is 0 Å². The lowest BCUT2D eigenvalue weighted by Crippen LogP contribution is -2.11. The van der Waals surface area contributed by atoms with Gasteiger partial charge in [-0.3, -0.25) is 9.48 Å². The smallest absolute Gasteiger partial charge is 0.139 e. The van der Waals surface area contributed by atoms with Crippen LogP contribution in [0, 0.1) is 5.92 Å². The van der Waals surface area contributed by atoms with Crippen LogP contribution in [0.25, 0.3) is 0 Å². The van der Waals surface area contributed by atoms with Gasteiger partial charge in [-0.2, -0.15) is 5.10 Å². The number of nitrogens with zero attached hydrogens (tertiary/aromatic N) is 2. The van der Waals surface area contributed by atoms with Gasteiger partial charge in [0.1, 0.15) is 5.78 Å². The zero-order chi connectivity index (χ0) is 12.3. The second-order valence-corrected chi connectivity index (χ2v) is 5.03. The number of carbonyl (C=O) groups is 1. The summed E-state index contributed by atoms with van der Waals surface area (Å²) < 4.78 is 7.16. The molecule has 0 aromatic carbocycles. The molecule has 0 bridgehead atoms. The van der Waals surface area contributed by atoms with E-state index in [9.17, 15) is 4.79 Å². The number of ketones is 1. The van der Waals surface area contributed by atoms with Crippen LogP contribution in [0.3, 0.4) is 0 Å². The highest BCUT2D eigenvalue weighted by Crippen LogP contribution is 2.17. The van der Waals surface area contributed by atoms with Gasteiger partial charge in [0.05, 0.1) is 12.1 Å². The maximum absolute atomic E-state index is 11.8. The largest absolute Gasteiger partial charge is 0.381 e. The van der Waals surface area contributed by atoms with Crippen LogP contribution in [-0.2, 0) is 16.0 Å². The monoisotopic (exact) mass is 236 g/mol. The number of Topliss-reactive ketones (excluding diaryl/α,β-unsaturated/α-hetero) is 1. The lowest BCUT2D eigenvalue weighted by atomic mass is 10.00. The summed E-state index contributed by atoms with van der Waals surface area (Å²) >= 11 is 0. The summed E-state index contributed by atoms with van der Waals surface area (Å²) in [4.78, 5) is 11.8. The van der Waals surface area contributed by atoms with Crippen molar-refractivity contribution in [3.63, 3.8) is 0 Å². The first kappa shape index (κ1) is 12.3. The number of carbonyl (C=O) groups excluding carboxylic acids is 1. The van der Waals surface area contributed by atoms with Crippen molar-refractivity contribution in [2.45, 2.75) is 39.2 Å². The molecule has 1 aliphatic heterocycles. The van der Waals surface area contributed by atoms with Gasteiger partial charge in [-0.05, 0) is 32.3 Å². The van der Waals surface area contributed by atoms with E-state index in [1.807, 2.05) is 16.9 Å². The van der Waals surface area contributed by atoms with E-state index in [4.69, 9.17) is 4.74 Å². The number of ether oxygens (including phenoxy) is 1. The van der Waals surface area contributed by atoms with E-state index in [2.05, 4.69) is 18.9 Å². The molecule has 4 nitrogen and oxygen atoms in total. The second-order valence-electron chi connectivity index (χ2n) is 5.03. The van der Waals surface area contributed by atoms with Crippen LogP contribution in [0.15, 0.2) is 12.3 Å². The normalized spacial score (nSPS) is 20.1. The van der Waals surface area contributed by atoms with Gasteiger partial charge >= 0.3 is 0 Å². The Labute approximate surface area is 102 Å². The zero-order valence-corrected chi connectivity index (χ0v) is 10.6. The fourth-order valence-electron chi connectivity index (χ4n) is 2.10. The average molecular weight is 236 g/mol. The molecule has 0 aliphatic carbocycles. The molecule has 0 N–H and O–H groups in total. The number of hydrogen-bond acceptors (Lipinski definition) is 3. The van der Waals surface area contributed by atoms with Crippen molar-refractivity contribution in [3.8, 4) is 0 Å². The lowest BCUT2D eigenvalue weighted by Gasteiger charge is -2.05. The SMILES string of the molecule is CC(C)n1ccc(CC(=O)CC2CCOC2)n1. The topological polar surface area (TPSA) is 44.1 Å². The first-order valence-corrected chi connectivity index (χ1v) is 6.28. The van der Waals surface area contributed by atoms with E-state index in [1.54, 1.807) is 0 Å². The molecule has 94 valence electrons. The standard InChI is InChI=1S/C13H20N2O2/c1-10(2)15-5-3-12(14-15)8-13(16)7-11-4-6-17-9-11/h3,5,10-11H,4,6-9H2,1-2H3. The van der Waals surface area contributed by atoms with Crippen LogP contribution >= 0.6 is 0 Å². The second kappa shape index (κ2) is 5.45. The summed E-state index contributed by atoms with van der Waals surface area (Å²) in [7, 11) is 0. The molecular formula is C13H20N2O2. The molecule has 0 radical (unpaired) electrons. The van der Waals surface area contributed by atoms with Crippen molar-refractivity contribution in [2.75, 3.05) is 13.2 Å². The fraction of sp³-hybridized carbons (Fsp3) is 0.692. The molecular weight excluding hydrogens is 216 g/mol. The zero-order valence-electron chi connectivity index (χ0n) is 10.6. The van der Waals surface area contributed by atoms with Crippen molar-refractivity contribution in [1.29, 1.82) is 0 Å². The molecule has 1 saturated heterocycles. The van der Waals surface area contributed by atoms with Crippen molar-refractivity contribution >= 4 is 5.78 Å². The first-order valence-electron chi connectivity index (χ1n) is 6.28. The Hall–Kier alpha value is -1.16. The van der Waals surface area contributed by atoms with Crippen LogP contribution in [0.5, 0.6) is 0 Å². The van der Waals surface area contributed by atoms with Gasteiger partial charge in [0, 0.05) is 31.9 Å². The fourth-order valence-corrected chi connectivity index (χ4v) is 2.10. The molecule has 1 unspecified atom stereocenters. The minimum Gasteiger partial charge on any atom is -0.381 e. The molecule has 1 aromatic heterocycles. The molecule has 1 aliphatic rings.